The second-order valence-corrected chi connectivity index (χ2v) is 3.41. The van der Waals surface area contributed by atoms with E-state index in [1.807, 2.05) is 26.0 Å². The van der Waals surface area contributed by atoms with E-state index in [0.717, 1.165) is 22.4 Å². The zero-order chi connectivity index (χ0) is 11.4. The first-order valence-electron chi connectivity index (χ1n) is 4.65. The molecule has 15 heavy (non-hydrogen) atoms. The highest BCUT2D eigenvalue weighted by Crippen LogP contribution is 2.22. The summed E-state index contributed by atoms with van der Waals surface area (Å²) < 4.78 is 5.17. The van der Waals surface area contributed by atoms with Gasteiger partial charge in [0, 0.05) is 6.54 Å². The molecule has 0 saturated heterocycles. The van der Waals surface area contributed by atoms with Gasteiger partial charge >= 0.3 is 6.09 Å². The molecule has 2 N–H and O–H groups in total. The van der Waals surface area contributed by atoms with Crippen LogP contribution in [0.15, 0.2) is 12.1 Å². The molecule has 4 heteroatoms. The highest BCUT2D eigenvalue weighted by Gasteiger charge is 2.05. The molecule has 0 aromatic heterocycles. The highest BCUT2D eigenvalue weighted by molar-refractivity contribution is 5.64. The second-order valence-electron chi connectivity index (χ2n) is 3.41. The Kier molecular flexibility index (Phi) is 3.55. The number of hydrogen-bond donors (Lipinski definition) is 2. The number of ether oxygens (including phenoxy) is 1. The number of carboxylic acid groups (broad SMARTS) is 1. The second kappa shape index (κ2) is 4.68. The molecule has 4 nitrogen and oxygen atoms in total. The van der Waals surface area contributed by atoms with E-state index in [9.17, 15) is 4.79 Å². The van der Waals surface area contributed by atoms with Gasteiger partial charge in [-0.25, -0.2) is 4.79 Å². The Morgan fingerprint density at radius 3 is 2.60 bits per heavy atom. The maximum atomic E-state index is 10.4. The molecular formula is C11H15NO3. The first kappa shape index (κ1) is 11.4. The van der Waals surface area contributed by atoms with Gasteiger partial charge in [0.25, 0.3) is 0 Å². The number of rotatable bonds is 3. The molecule has 0 spiro atoms. The molecule has 0 aliphatic heterocycles. The number of carbonyl (C=O) groups is 1. The quantitative estimate of drug-likeness (QED) is 0.801. The van der Waals surface area contributed by atoms with Gasteiger partial charge in [-0.1, -0.05) is 6.07 Å². The third-order valence-electron chi connectivity index (χ3n) is 2.28. The van der Waals surface area contributed by atoms with Crippen molar-refractivity contribution in [3.63, 3.8) is 0 Å². The molecule has 1 rings (SSSR count). The van der Waals surface area contributed by atoms with Crippen LogP contribution in [0.25, 0.3) is 0 Å². The van der Waals surface area contributed by atoms with Gasteiger partial charge in [-0.15, -0.1) is 0 Å². The Balaban J connectivity index is 2.90. The average Bonchev–Trinajstić information content (AvgIpc) is 2.18. The van der Waals surface area contributed by atoms with Crippen molar-refractivity contribution in [2.75, 3.05) is 7.11 Å². The van der Waals surface area contributed by atoms with Crippen molar-refractivity contribution in [2.24, 2.45) is 0 Å². The third-order valence-corrected chi connectivity index (χ3v) is 2.28. The SMILES string of the molecule is COc1cc(C)c(CNC(=O)O)cc1C. The maximum Gasteiger partial charge on any atom is 0.404 e. The lowest BCUT2D eigenvalue weighted by molar-refractivity contribution is 0.194. The van der Waals surface area contributed by atoms with E-state index in [1.165, 1.54) is 0 Å². The van der Waals surface area contributed by atoms with Crippen LogP contribution >= 0.6 is 0 Å². The van der Waals surface area contributed by atoms with Crippen molar-refractivity contribution >= 4 is 6.09 Å². The Hall–Kier alpha value is -1.71. The lowest BCUT2D eigenvalue weighted by atomic mass is 10.0. The van der Waals surface area contributed by atoms with Crippen molar-refractivity contribution in [3.05, 3.63) is 28.8 Å². The summed E-state index contributed by atoms with van der Waals surface area (Å²) in [5.74, 6) is 0.826. The maximum absolute atomic E-state index is 10.4. The largest absolute Gasteiger partial charge is 0.496 e. The van der Waals surface area contributed by atoms with Gasteiger partial charge in [0.2, 0.25) is 0 Å². The Morgan fingerprint density at radius 2 is 2.07 bits per heavy atom. The normalized spacial score (nSPS) is 9.80. The fraction of sp³-hybridized carbons (Fsp3) is 0.364. The summed E-state index contributed by atoms with van der Waals surface area (Å²) >= 11 is 0. The molecule has 82 valence electrons. The van der Waals surface area contributed by atoms with E-state index < -0.39 is 6.09 Å². The van der Waals surface area contributed by atoms with Gasteiger partial charge in [-0.2, -0.15) is 0 Å². The van der Waals surface area contributed by atoms with E-state index in [2.05, 4.69) is 5.32 Å². The fourth-order valence-electron chi connectivity index (χ4n) is 1.43. The van der Waals surface area contributed by atoms with Crippen LogP contribution in [0, 0.1) is 13.8 Å². The van der Waals surface area contributed by atoms with E-state index in [4.69, 9.17) is 9.84 Å². The van der Waals surface area contributed by atoms with Crippen LogP contribution in [0.4, 0.5) is 4.79 Å². The molecule has 1 aromatic rings. The number of hydrogen-bond acceptors (Lipinski definition) is 2. The molecule has 0 radical (unpaired) electrons. The molecule has 0 atom stereocenters. The highest BCUT2D eigenvalue weighted by atomic mass is 16.5. The summed E-state index contributed by atoms with van der Waals surface area (Å²) in [5.41, 5.74) is 2.99. The molecule has 1 aromatic carbocycles. The van der Waals surface area contributed by atoms with E-state index in [0.29, 0.717) is 6.54 Å². The predicted molar refractivity (Wildman–Crippen MR) is 57.3 cm³/mol. The van der Waals surface area contributed by atoms with Gasteiger partial charge in [-0.3, -0.25) is 0 Å². The number of nitrogens with one attached hydrogen (secondary N) is 1. The van der Waals surface area contributed by atoms with Gasteiger partial charge in [-0.05, 0) is 36.6 Å². The zero-order valence-corrected chi connectivity index (χ0v) is 9.13. The molecule has 0 heterocycles. The molecule has 0 saturated carbocycles. The van der Waals surface area contributed by atoms with Crippen LogP contribution in [-0.2, 0) is 6.54 Å². The van der Waals surface area contributed by atoms with E-state index in [1.54, 1.807) is 7.11 Å². The summed E-state index contributed by atoms with van der Waals surface area (Å²) in [4.78, 5) is 10.4. The molecule has 0 aliphatic carbocycles. The fourth-order valence-corrected chi connectivity index (χ4v) is 1.43. The topological polar surface area (TPSA) is 58.6 Å². The smallest absolute Gasteiger partial charge is 0.404 e. The molecule has 0 unspecified atom stereocenters. The lowest BCUT2D eigenvalue weighted by Gasteiger charge is -2.11. The summed E-state index contributed by atoms with van der Waals surface area (Å²) in [6.45, 7) is 4.19. The van der Waals surface area contributed by atoms with E-state index >= 15 is 0 Å². The van der Waals surface area contributed by atoms with Crippen LogP contribution in [0.1, 0.15) is 16.7 Å². The molecule has 0 bridgehead atoms. The van der Waals surface area contributed by atoms with Gasteiger partial charge in [0.1, 0.15) is 5.75 Å². The molecule has 1 amide bonds. The van der Waals surface area contributed by atoms with Crippen molar-refractivity contribution in [3.8, 4) is 5.75 Å². The summed E-state index contributed by atoms with van der Waals surface area (Å²) in [7, 11) is 1.62. The standard InChI is InChI=1S/C11H15NO3/c1-7-5-10(15-3)8(2)4-9(7)6-12-11(13)14/h4-5,12H,6H2,1-3H3,(H,13,14). The third kappa shape index (κ3) is 2.87. The van der Waals surface area contributed by atoms with Gasteiger partial charge in [0.05, 0.1) is 7.11 Å². The van der Waals surface area contributed by atoms with Crippen LogP contribution in [0.3, 0.4) is 0 Å². The summed E-state index contributed by atoms with van der Waals surface area (Å²) in [6.07, 6.45) is -1.01. The zero-order valence-electron chi connectivity index (χ0n) is 9.13. The van der Waals surface area contributed by atoms with Crippen molar-refractivity contribution in [1.82, 2.24) is 5.32 Å². The van der Waals surface area contributed by atoms with Crippen LogP contribution in [-0.4, -0.2) is 18.3 Å². The summed E-state index contributed by atoms with van der Waals surface area (Å²) in [5, 5.41) is 10.8. The van der Waals surface area contributed by atoms with Crippen LogP contribution in [0.2, 0.25) is 0 Å². The van der Waals surface area contributed by atoms with Crippen LogP contribution in [0.5, 0.6) is 5.75 Å². The predicted octanol–water partition coefficient (Wildman–Crippen LogP) is 2.08. The Morgan fingerprint density at radius 1 is 1.40 bits per heavy atom. The van der Waals surface area contributed by atoms with Crippen LogP contribution < -0.4 is 10.1 Å². The molecular weight excluding hydrogens is 194 g/mol. The minimum absolute atomic E-state index is 0.325. The number of benzene rings is 1. The Labute approximate surface area is 88.9 Å². The van der Waals surface area contributed by atoms with Crippen molar-refractivity contribution in [1.29, 1.82) is 0 Å². The minimum Gasteiger partial charge on any atom is -0.496 e. The number of aryl methyl sites for hydroxylation is 2. The lowest BCUT2D eigenvalue weighted by Crippen LogP contribution is -2.20. The number of amides is 1. The molecule has 0 fully saturated rings. The average molecular weight is 209 g/mol. The number of methoxy groups -OCH3 is 1. The van der Waals surface area contributed by atoms with E-state index in [-0.39, 0.29) is 0 Å². The first-order chi connectivity index (χ1) is 7.04. The molecule has 0 aliphatic rings. The van der Waals surface area contributed by atoms with Gasteiger partial charge in [0.15, 0.2) is 0 Å². The van der Waals surface area contributed by atoms with Crippen molar-refractivity contribution in [2.45, 2.75) is 20.4 Å². The van der Waals surface area contributed by atoms with Gasteiger partial charge < -0.3 is 15.2 Å². The minimum atomic E-state index is -1.01. The van der Waals surface area contributed by atoms with Crippen molar-refractivity contribution < 1.29 is 14.6 Å². The first-order valence-corrected chi connectivity index (χ1v) is 4.65. The summed E-state index contributed by atoms with van der Waals surface area (Å²) in [6, 6.07) is 3.85. The monoisotopic (exact) mass is 209 g/mol. The Bertz CT molecular complexity index is 374.